The maximum atomic E-state index is 12.9. The van der Waals surface area contributed by atoms with Crippen molar-refractivity contribution in [1.82, 2.24) is 0 Å². The number of carbonyl (C=O) groups excluding carboxylic acids is 2. The molecule has 0 radical (unpaired) electrons. The second-order valence-corrected chi connectivity index (χ2v) is 19.5. The molecule has 0 aliphatic carbocycles. The Labute approximate surface area is 446 Å². The molecule has 0 aliphatic heterocycles. The number of rotatable bonds is 54. The van der Waals surface area contributed by atoms with Gasteiger partial charge in [0.1, 0.15) is 6.61 Å². The fraction of sp³-hybridized carbons (Fsp3) is 0.672. The molecule has 0 rings (SSSR count). The molecule has 410 valence electrons. The van der Waals surface area contributed by atoms with E-state index in [9.17, 15) is 9.59 Å². The van der Waals surface area contributed by atoms with Crippen LogP contribution in [0.3, 0.4) is 0 Å². The van der Waals surface area contributed by atoms with Crippen molar-refractivity contribution in [2.45, 2.75) is 271 Å². The number of carbonyl (C=O) groups is 2. The summed E-state index contributed by atoms with van der Waals surface area (Å²) in [6.07, 6.45) is 86.6. The first-order chi connectivity index (χ1) is 35.6. The molecular formula is C67H112O5. The van der Waals surface area contributed by atoms with E-state index < -0.39 is 6.10 Å². The lowest BCUT2D eigenvalue weighted by molar-refractivity contribution is -0.162. The molecule has 0 saturated heterocycles. The van der Waals surface area contributed by atoms with E-state index >= 15 is 0 Å². The van der Waals surface area contributed by atoms with Gasteiger partial charge in [-0.15, -0.1) is 0 Å². The van der Waals surface area contributed by atoms with Gasteiger partial charge >= 0.3 is 11.9 Å². The minimum atomic E-state index is -0.582. The van der Waals surface area contributed by atoms with E-state index in [1.807, 2.05) is 6.08 Å². The van der Waals surface area contributed by atoms with E-state index in [-0.39, 0.29) is 25.2 Å². The Kier molecular flexibility index (Phi) is 58.4. The van der Waals surface area contributed by atoms with Crippen LogP contribution in [0.5, 0.6) is 0 Å². The summed E-state index contributed by atoms with van der Waals surface area (Å²) in [6.45, 7) is 7.58. The van der Waals surface area contributed by atoms with Crippen LogP contribution in [0.1, 0.15) is 265 Å². The Morgan fingerprint density at radius 2 is 0.653 bits per heavy atom. The third kappa shape index (κ3) is 58.9. The largest absolute Gasteiger partial charge is 0.462 e. The summed E-state index contributed by atoms with van der Waals surface area (Å²) in [6, 6.07) is 0. The lowest BCUT2D eigenvalue weighted by atomic mass is 10.1. The Morgan fingerprint density at radius 1 is 0.319 bits per heavy atom. The molecule has 0 aromatic carbocycles. The van der Waals surface area contributed by atoms with Gasteiger partial charge in [0, 0.05) is 19.4 Å². The van der Waals surface area contributed by atoms with E-state index in [2.05, 4.69) is 136 Å². The lowest BCUT2D eigenvalue weighted by Crippen LogP contribution is -2.30. The van der Waals surface area contributed by atoms with Crippen LogP contribution < -0.4 is 0 Å². The summed E-state index contributed by atoms with van der Waals surface area (Å²) in [5, 5.41) is 0. The van der Waals surface area contributed by atoms with Crippen molar-refractivity contribution in [3.8, 4) is 0 Å². The maximum Gasteiger partial charge on any atom is 0.306 e. The molecule has 0 N–H and O–H groups in total. The number of hydrogen-bond acceptors (Lipinski definition) is 5. The van der Waals surface area contributed by atoms with Crippen LogP contribution in [0, 0.1) is 0 Å². The molecule has 1 unspecified atom stereocenters. The van der Waals surface area contributed by atoms with Crippen LogP contribution in [0.2, 0.25) is 0 Å². The van der Waals surface area contributed by atoms with Gasteiger partial charge in [-0.1, -0.05) is 251 Å². The molecule has 0 spiro atoms. The zero-order valence-electron chi connectivity index (χ0n) is 47.2. The fourth-order valence-electron chi connectivity index (χ4n) is 8.01. The first-order valence-corrected chi connectivity index (χ1v) is 30.1. The van der Waals surface area contributed by atoms with E-state index in [4.69, 9.17) is 14.2 Å². The van der Waals surface area contributed by atoms with Crippen molar-refractivity contribution < 1.29 is 23.8 Å². The van der Waals surface area contributed by atoms with Gasteiger partial charge in [0.25, 0.3) is 0 Å². The summed E-state index contributed by atoms with van der Waals surface area (Å²) < 4.78 is 17.4. The number of esters is 2. The second-order valence-electron chi connectivity index (χ2n) is 19.5. The fourth-order valence-corrected chi connectivity index (χ4v) is 8.01. The number of hydrogen-bond donors (Lipinski definition) is 0. The highest BCUT2D eigenvalue weighted by Gasteiger charge is 2.17. The quantitative estimate of drug-likeness (QED) is 0.0345. The predicted octanol–water partition coefficient (Wildman–Crippen LogP) is 20.9. The first-order valence-electron chi connectivity index (χ1n) is 30.1. The zero-order valence-corrected chi connectivity index (χ0v) is 47.2. The summed E-state index contributed by atoms with van der Waals surface area (Å²) in [7, 11) is 0. The molecule has 0 saturated carbocycles. The van der Waals surface area contributed by atoms with Crippen LogP contribution in [-0.2, 0) is 23.8 Å². The molecule has 5 heteroatoms. The van der Waals surface area contributed by atoms with E-state index in [0.29, 0.717) is 25.9 Å². The van der Waals surface area contributed by atoms with Gasteiger partial charge in [0.15, 0.2) is 6.10 Å². The molecular weight excluding hydrogens is 885 g/mol. The lowest BCUT2D eigenvalue weighted by Gasteiger charge is -2.18. The van der Waals surface area contributed by atoms with Crippen molar-refractivity contribution in [3.05, 3.63) is 122 Å². The minimum absolute atomic E-state index is 0.0348. The van der Waals surface area contributed by atoms with Crippen LogP contribution in [0.25, 0.3) is 0 Å². The standard InChI is InChI=1S/C67H112O5/c1-4-7-10-13-16-19-22-25-28-31-34-36-39-42-45-48-51-54-57-60-66(68)71-64-65(63-70-62-59-56-53-50-47-44-41-38-33-30-27-24-21-18-15-12-9-6-3)72-67(69)61-58-55-52-49-46-43-40-37-35-32-29-26-23-20-17-14-11-8-5-2/h7,10,16-21,25-30,34,36,42,45,51,54,65H,4-6,8-9,11-15,22-24,31-33,35,37-41,43-44,46-50,52-53,55-64H2,1-3H3/b10-7-,19-16-,20-17-,21-18-,28-25-,29-26-,30-27-,36-34-,45-42-,54-51-. The predicted molar refractivity (Wildman–Crippen MR) is 316 cm³/mol. The molecule has 0 aromatic heterocycles. The van der Waals surface area contributed by atoms with Crippen LogP contribution in [0.4, 0.5) is 0 Å². The first kappa shape index (κ1) is 68.3. The van der Waals surface area contributed by atoms with Crippen molar-refractivity contribution in [1.29, 1.82) is 0 Å². The van der Waals surface area contributed by atoms with Crippen molar-refractivity contribution in [2.24, 2.45) is 0 Å². The van der Waals surface area contributed by atoms with Gasteiger partial charge in [-0.3, -0.25) is 9.59 Å². The van der Waals surface area contributed by atoms with Gasteiger partial charge < -0.3 is 14.2 Å². The molecule has 1 atom stereocenters. The smallest absolute Gasteiger partial charge is 0.306 e. The van der Waals surface area contributed by atoms with Gasteiger partial charge in [-0.05, 0) is 122 Å². The van der Waals surface area contributed by atoms with Gasteiger partial charge in [0.05, 0.1) is 6.61 Å². The Hall–Kier alpha value is -3.70. The van der Waals surface area contributed by atoms with Gasteiger partial charge in [-0.2, -0.15) is 0 Å². The normalized spacial score (nSPS) is 13.1. The summed E-state index contributed by atoms with van der Waals surface area (Å²) in [5.41, 5.74) is 0. The van der Waals surface area contributed by atoms with E-state index in [0.717, 1.165) is 83.5 Å². The highest BCUT2D eigenvalue weighted by molar-refractivity contribution is 5.70. The topological polar surface area (TPSA) is 61.8 Å². The van der Waals surface area contributed by atoms with Crippen LogP contribution in [0.15, 0.2) is 122 Å². The highest BCUT2D eigenvalue weighted by Crippen LogP contribution is 2.14. The number of ether oxygens (including phenoxy) is 3. The average molecular weight is 998 g/mol. The van der Waals surface area contributed by atoms with E-state index in [1.54, 1.807) is 0 Å². The SMILES string of the molecule is CC/C=C\C/C=C\C/C=C\C/C=C\C/C=C\C/C=C\CCC(=O)OCC(COCCCCCCCCCC/C=C\C/C=C\CCCCC)OC(=O)CCCCCCCCCCC/C=C\C/C=C\CCCCC. The summed E-state index contributed by atoms with van der Waals surface area (Å²) in [5.74, 6) is -0.503. The molecule has 0 heterocycles. The molecule has 0 bridgehead atoms. The third-order valence-electron chi connectivity index (χ3n) is 12.5. The summed E-state index contributed by atoms with van der Waals surface area (Å²) >= 11 is 0. The van der Waals surface area contributed by atoms with Crippen LogP contribution >= 0.6 is 0 Å². The van der Waals surface area contributed by atoms with Crippen molar-refractivity contribution in [2.75, 3.05) is 19.8 Å². The Morgan fingerprint density at radius 3 is 1.06 bits per heavy atom. The molecule has 5 nitrogen and oxygen atoms in total. The Bertz CT molecular complexity index is 1450. The summed E-state index contributed by atoms with van der Waals surface area (Å²) in [4.78, 5) is 25.5. The molecule has 0 aromatic rings. The molecule has 0 amide bonds. The number of unbranched alkanes of at least 4 members (excludes halogenated alkanes) is 23. The average Bonchev–Trinajstić information content (AvgIpc) is 3.38. The Balaban J connectivity index is 4.42. The maximum absolute atomic E-state index is 12.9. The molecule has 0 aliphatic rings. The minimum Gasteiger partial charge on any atom is -0.462 e. The van der Waals surface area contributed by atoms with Crippen LogP contribution in [-0.4, -0.2) is 37.9 Å². The van der Waals surface area contributed by atoms with Crippen molar-refractivity contribution in [3.63, 3.8) is 0 Å². The monoisotopic (exact) mass is 997 g/mol. The highest BCUT2D eigenvalue weighted by atomic mass is 16.6. The second kappa shape index (κ2) is 61.6. The van der Waals surface area contributed by atoms with Crippen molar-refractivity contribution >= 4 is 11.9 Å². The van der Waals surface area contributed by atoms with Gasteiger partial charge in [-0.25, -0.2) is 0 Å². The zero-order chi connectivity index (χ0) is 52.0. The molecule has 72 heavy (non-hydrogen) atoms. The third-order valence-corrected chi connectivity index (χ3v) is 12.5. The van der Waals surface area contributed by atoms with E-state index in [1.165, 1.54) is 141 Å². The number of allylic oxidation sites excluding steroid dienone is 20. The van der Waals surface area contributed by atoms with Gasteiger partial charge in [0.2, 0.25) is 0 Å². The molecule has 0 fully saturated rings.